The normalized spacial score (nSPS) is 10.1. The van der Waals surface area contributed by atoms with E-state index in [1.54, 1.807) is 24.3 Å². The smallest absolute Gasteiger partial charge is 0.150 e. The molecule has 2 nitrogen and oxygen atoms in total. The van der Waals surface area contributed by atoms with E-state index in [1.807, 2.05) is 24.3 Å². The Morgan fingerprint density at radius 1 is 1.00 bits per heavy atom. The highest BCUT2D eigenvalue weighted by atomic mass is 35.5. The number of halogens is 1. The molecule has 2 aromatic rings. The van der Waals surface area contributed by atoms with Crippen molar-refractivity contribution in [2.45, 2.75) is 6.42 Å². The van der Waals surface area contributed by atoms with Crippen LogP contribution in [0.1, 0.15) is 15.9 Å². The Kier molecular flexibility index (Phi) is 4.37. The highest BCUT2D eigenvalue weighted by Gasteiger charge is 1.96. The van der Waals surface area contributed by atoms with Gasteiger partial charge in [-0.15, -0.1) is 0 Å². The lowest BCUT2D eigenvalue weighted by molar-refractivity contribution is 0.112. The fourth-order valence-electron chi connectivity index (χ4n) is 1.58. The fourth-order valence-corrected chi connectivity index (χ4v) is 1.71. The molecule has 0 fully saturated rings. The van der Waals surface area contributed by atoms with Crippen LogP contribution >= 0.6 is 11.6 Å². The quantitative estimate of drug-likeness (QED) is 0.765. The molecular weight excluding hydrogens is 248 g/mol. The van der Waals surface area contributed by atoms with E-state index >= 15 is 0 Å². The van der Waals surface area contributed by atoms with Gasteiger partial charge < -0.3 is 4.74 Å². The lowest BCUT2D eigenvalue weighted by Gasteiger charge is -2.06. The molecule has 2 rings (SSSR count). The zero-order valence-electron chi connectivity index (χ0n) is 9.80. The Hall–Kier alpha value is -1.80. The SMILES string of the molecule is O=Cc1ccc(OCCc2ccc(Cl)cc2)cc1. The third-order valence-electron chi connectivity index (χ3n) is 2.59. The van der Waals surface area contributed by atoms with Crippen LogP contribution in [0.2, 0.25) is 5.02 Å². The number of ether oxygens (including phenoxy) is 1. The van der Waals surface area contributed by atoms with E-state index in [4.69, 9.17) is 16.3 Å². The van der Waals surface area contributed by atoms with Crippen molar-refractivity contribution >= 4 is 17.9 Å². The standard InChI is InChI=1S/C15H13ClO2/c16-14-5-1-12(2-6-14)9-10-18-15-7-3-13(11-17)4-8-15/h1-8,11H,9-10H2. The molecule has 0 aromatic heterocycles. The van der Waals surface area contributed by atoms with Gasteiger partial charge >= 0.3 is 0 Å². The van der Waals surface area contributed by atoms with Crippen molar-refractivity contribution in [3.8, 4) is 5.75 Å². The van der Waals surface area contributed by atoms with Gasteiger partial charge in [0, 0.05) is 17.0 Å². The van der Waals surface area contributed by atoms with Crippen LogP contribution in [-0.2, 0) is 6.42 Å². The number of hydrogen-bond acceptors (Lipinski definition) is 2. The number of carbonyl (C=O) groups excluding carboxylic acids is 1. The summed E-state index contributed by atoms with van der Waals surface area (Å²) in [5.41, 5.74) is 1.84. The predicted molar refractivity (Wildman–Crippen MR) is 72.5 cm³/mol. The first kappa shape index (κ1) is 12.7. The summed E-state index contributed by atoms with van der Waals surface area (Å²) in [5.74, 6) is 0.773. The lowest BCUT2D eigenvalue weighted by Crippen LogP contribution is -2.01. The minimum Gasteiger partial charge on any atom is -0.493 e. The molecule has 0 heterocycles. The van der Waals surface area contributed by atoms with Crippen LogP contribution in [0.15, 0.2) is 48.5 Å². The fraction of sp³-hybridized carbons (Fsp3) is 0.133. The second-order valence-electron chi connectivity index (χ2n) is 3.91. The van der Waals surface area contributed by atoms with Crippen molar-refractivity contribution in [3.63, 3.8) is 0 Å². The summed E-state index contributed by atoms with van der Waals surface area (Å²) in [5, 5.41) is 0.740. The third-order valence-corrected chi connectivity index (χ3v) is 2.84. The first-order chi connectivity index (χ1) is 8.78. The largest absolute Gasteiger partial charge is 0.493 e. The van der Waals surface area contributed by atoms with Gasteiger partial charge in [0.2, 0.25) is 0 Å². The summed E-state index contributed by atoms with van der Waals surface area (Å²) in [6.45, 7) is 0.599. The molecule has 18 heavy (non-hydrogen) atoms. The van der Waals surface area contributed by atoms with Gasteiger partial charge in [-0.05, 0) is 42.0 Å². The van der Waals surface area contributed by atoms with Crippen LogP contribution < -0.4 is 4.74 Å². The first-order valence-corrected chi connectivity index (χ1v) is 6.08. The number of benzene rings is 2. The summed E-state index contributed by atoms with van der Waals surface area (Å²) in [6.07, 6.45) is 1.64. The van der Waals surface area contributed by atoms with E-state index in [0.717, 1.165) is 23.5 Å². The molecule has 0 saturated heterocycles. The van der Waals surface area contributed by atoms with E-state index in [2.05, 4.69) is 0 Å². The number of carbonyl (C=O) groups is 1. The third kappa shape index (κ3) is 3.60. The summed E-state index contributed by atoms with van der Waals surface area (Å²) in [7, 11) is 0. The van der Waals surface area contributed by atoms with Crippen molar-refractivity contribution < 1.29 is 9.53 Å². The molecule has 0 N–H and O–H groups in total. The molecule has 0 amide bonds. The number of hydrogen-bond donors (Lipinski definition) is 0. The second-order valence-corrected chi connectivity index (χ2v) is 4.35. The number of rotatable bonds is 5. The monoisotopic (exact) mass is 260 g/mol. The lowest BCUT2D eigenvalue weighted by atomic mass is 10.2. The van der Waals surface area contributed by atoms with Gasteiger partial charge in [-0.1, -0.05) is 23.7 Å². The van der Waals surface area contributed by atoms with Crippen molar-refractivity contribution in [2.24, 2.45) is 0 Å². The molecule has 3 heteroatoms. The molecule has 0 aliphatic heterocycles. The minimum absolute atomic E-state index is 0.599. The Morgan fingerprint density at radius 3 is 2.28 bits per heavy atom. The Labute approximate surface area is 111 Å². The molecule has 0 unspecified atom stereocenters. The molecule has 92 valence electrons. The summed E-state index contributed by atoms with van der Waals surface area (Å²) in [4.78, 5) is 10.5. The molecule has 0 atom stereocenters. The minimum atomic E-state index is 0.599. The molecule has 2 aromatic carbocycles. The second kappa shape index (κ2) is 6.22. The predicted octanol–water partition coefficient (Wildman–Crippen LogP) is 3.77. The Morgan fingerprint density at radius 2 is 1.67 bits per heavy atom. The zero-order valence-corrected chi connectivity index (χ0v) is 10.6. The van der Waals surface area contributed by atoms with Crippen molar-refractivity contribution in [1.82, 2.24) is 0 Å². The highest BCUT2D eigenvalue weighted by Crippen LogP contribution is 2.13. The van der Waals surface area contributed by atoms with Crippen LogP contribution in [-0.4, -0.2) is 12.9 Å². The van der Waals surface area contributed by atoms with Crippen LogP contribution in [0.25, 0.3) is 0 Å². The first-order valence-electron chi connectivity index (χ1n) is 5.70. The summed E-state index contributed by atoms with van der Waals surface area (Å²) in [6, 6.07) is 14.8. The van der Waals surface area contributed by atoms with Crippen molar-refractivity contribution in [1.29, 1.82) is 0 Å². The molecule has 0 saturated carbocycles. The van der Waals surface area contributed by atoms with E-state index in [9.17, 15) is 4.79 Å². The highest BCUT2D eigenvalue weighted by molar-refractivity contribution is 6.30. The van der Waals surface area contributed by atoms with E-state index < -0.39 is 0 Å². The van der Waals surface area contributed by atoms with E-state index in [0.29, 0.717) is 12.2 Å². The molecular formula is C15H13ClO2. The topological polar surface area (TPSA) is 26.3 Å². The van der Waals surface area contributed by atoms with Gasteiger partial charge in [0.1, 0.15) is 12.0 Å². The van der Waals surface area contributed by atoms with Crippen LogP contribution in [0, 0.1) is 0 Å². The van der Waals surface area contributed by atoms with Gasteiger partial charge in [0.05, 0.1) is 6.61 Å². The van der Waals surface area contributed by atoms with Gasteiger partial charge in [0.25, 0.3) is 0 Å². The van der Waals surface area contributed by atoms with Gasteiger partial charge in [-0.2, -0.15) is 0 Å². The maximum Gasteiger partial charge on any atom is 0.150 e. The summed E-state index contributed by atoms with van der Waals surface area (Å²) < 4.78 is 5.59. The summed E-state index contributed by atoms with van der Waals surface area (Å²) >= 11 is 5.81. The Bertz CT molecular complexity index is 503. The van der Waals surface area contributed by atoms with Gasteiger partial charge in [-0.3, -0.25) is 4.79 Å². The van der Waals surface area contributed by atoms with E-state index in [-0.39, 0.29) is 0 Å². The van der Waals surface area contributed by atoms with Crippen molar-refractivity contribution in [3.05, 3.63) is 64.7 Å². The maximum absolute atomic E-state index is 10.5. The van der Waals surface area contributed by atoms with Crippen molar-refractivity contribution in [2.75, 3.05) is 6.61 Å². The molecule has 0 aliphatic carbocycles. The maximum atomic E-state index is 10.5. The van der Waals surface area contributed by atoms with Gasteiger partial charge in [-0.25, -0.2) is 0 Å². The molecule has 0 aliphatic rings. The van der Waals surface area contributed by atoms with Crippen LogP contribution in [0.5, 0.6) is 5.75 Å². The van der Waals surface area contributed by atoms with Crippen LogP contribution in [0.3, 0.4) is 0 Å². The zero-order chi connectivity index (χ0) is 12.8. The van der Waals surface area contributed by atoms with Crippen LogP contribution in [0.4, 0.5) is 0 Å². The Balaban J connectivity index is 1.84. The number of aldehydes is 1. The van der Waals surface area contributed by atoms with E-state index in [1.165, 1.54) is 5.56 Å². The average Bonchev–Trinajstić information content (AvgIpc) is 2.42. The molecule has 0 radical (unpaired) electrons. The van der Waals surface area contributed by atoms with Gasteiger partial charge in [0.15, 0.2) is 0 Å². The average molecular weight is 261 g/mol. The molecule has 0 bridgehead atoms. The molecule has 0 spiro atoms.